The van der Waals surface area contributed by atoms with Gasteiger partial charge in [-0.05, 0) is 49.4 Å². The number of carbonyl (C=O) groups is 2. The molecule has 142 valence electrons. The summed E-state index contributed by atoms with van der Waals surface area (Å²) in [5, 5.41) is 5.69. The monoisotopic (exact) mass is 360 g/mol. The Morgan fingerprint density at radius 1 is 0.692 bits per heavy atom. The van der Waals surface area contributed by atoms with Crippen molar-refractivity contribution in [1.29, 1.82) is 0 Å². The summed E-state index contributed by atoms with van der Waals surface area (Å²) in [6.45, 7) is -0.00743. The maximum Gasteiger partial charge on any atom is 0.408 e. The molecule has 2 fully saturated rings. The van der Waals surface area contributed by atoms with E-state index in [2.05, 4.69) is 34.3 Å². The molecule has 0 aromatic rings. The van der Waals surface area contributed by atoms with Crippen molar-refractivity contribution in [1.82, 2.24) is 10.6 Å². The van der Waals surface area contributed by atoms with Crippen LogP contribution in [0.2, 0.25) is 0 Å². The van der Waals surface area contributed by atoms with E-state index in [1.165, 1.54) is 12.8 Å². The van der Waals surface area contributed by atoms with E-state index in [1.54, 1.807) is 0 Å². The molecule has 0 bridgehead atoms. The number of amides is 2. The van der Waals surface area contributed by atoms with Gasteiger partial charge in [0.15, 0.2) is 13.2 Å². The van der Waals surface area contributed by atoms with Gasteiger partial charge in [0.25, 0.3) is 0 Å². The molecule has 26 heavy (non-hydrogen) atoms. The highest BCUT2D eigenvalue weighted by Gasteiger charge is 2.16. The Kier molecular flexibility index (Phi) is 9.29. The van der Waals surface area contributed by atoms with Crippen molar-refractivity contribution in [3.8, 4) is 23.7 Å². The molecule has 0 saturated heterocycles. The summed E-state index contributed by atoms with van der Waals surface area (Å²) in [4.78, 5) is 23.2. The van der Waals surface area contributed by atoms with Crippen LogP contribution in [-0.2, 0) is 9.47 Å². The van der Waals surface area contributed by atoms with Gasteiger partial charge in [0.05, 0.1) is 0 Å². The number of alkyl carbamates (subject to hydrolysis) is 2. The lowest BCUT2D eigenvalue weighted by atomic mass is 9.96. The van der Waals surface area contributed by atoms with Gasteiger partial charge >= 0.3 is 12.2 Å². The first-order chi connectivity index (χ1) is 12.7. The molecule has 0 atom stereocenters. The third kappa shape index (κ3) is 8.67. The first kappa shape index (κ1) is 20.0. The maximum atomic E-state index is 11.6. The normalized spacial score (nSPS) is 17.7. The summed E-state index contributed by atoms with van der Waals surface area (Å²) >= 11 is 0. The molecule has 2 aliphatic carbocycles. The SMILES string of the molecule is O=C(NC1CCCCC1)OCC#CC#CCOC(=O)NC1CCCCC1. The Hall–Kier alpha value is -2.34. The number of carbonyl (C=O) groups excluding carboxylic acids is 2. The van der Waals surface area contributed by atoms with Crippen LogP contribution in [0.25, 0.3) is 0 Å². The minimum absolute atomic E-state index is 0.00371. The molecule has 0 aliphatic heterocycles. The van der Waals surface area contributed by atoms with Gasteiger partial charge in [0, 0.05) is 12.1 Å². The van der Waals surface area contributed by atoms with Crippen LogP contribution in [0.5, 0.6) is 0 Å². The zero-order chi connectivity index (χ0) is 18.5. The summed E-state index contributed by atoms with van der Waals surface area (Å²) in [6.07, 6.45) is 10.3. The number of nitrogens with one attached hydrogen (secondary N) is 2. The quantitative estimate of drug-likeness (QED) is 0.755. The molecular weight excluding hydrogens is 332 g/mol. The molecule has 0 radical (unpaired) electrons. The molecule has 2 amide bonds. The van der Waals surface area contributed by atoms with E-state index in [4.69, 9.17) is 9.47 Å². The summed E-state index contributed by atoms with van der Waals surface area (Å²) in [5.74, 6) is 10.4. The summed E-state index contributed by atoms with van der Waals surface area (Å²) in [6, 6.07) is 0.446. The van der Waals surface area contributed by atoms with Gasteiger partial charge in [0.1, 0.15) is 0 Å². The topological polar surface area (TPSA) is 76.7 Å². The van der Waals surface area contributed by atoms with Crippen LogP contribution >= 0.6 is 0 Å². The molecule has 0 aromatic carbocycles. The molecule has 6 heteroatoms. The van der Waals surface area contributed by atoms with Crippen LogP contribution in [0.3, 0.4) is 0 Å². The van der Waals surface area contributed by atoms with Crippen molar-refractivity contribution in [2.75, 3.05) is 13.2 Å². The van der Waals surface area contributed by atoms with E-state index >= 15 is 0 Å². The predicted octanol–water partition coefficient (Wildman–Crippen LogP) is 3.11. The number of hydrogen-bond donors (Lipinski definition) is 2. The smallest absolute Gasteiger partial charge is 0.408 e. The maximum absolute atomic E-state index is 11.6. The molecule has 0 unspecified atom stereocenters. The van der Waals surface area contributed by atoms with Crippen molar-refractivity contribution in [3.05, 3.63) is 0 Å². The molecule has 2 aliphatic rings. The van der Waals surface area contributed by atoms with Crippen LogP contribution in [-0.4, -0.2) is 37.5 Å². The van der Waals surface area contributed by atoms with E-state index in [0.29, 0.717) is 0 Å². The minimum Gasteiger partial charge on any atom is -0.436 e. The zero-order valence-electron chi connectivity index (χ0n) is 15.3. The molecule has 2 saturated carbocycles. The van der Waals surface area contributed by atoms with E-state index in [0.717, 1.165) is 51.4 Å². The Morgan fingerprint density at radius 3 is 1.46 bits per heavy atom. The molecule has 0 spiro atoms. The third-order valence-corrected chi connectivity index (χ3v) is 4.64. The summed E-state index contributed by atoms with van der Waals surface area (Å²) in [7, 11) is 0. The van der Waals surface area contributed by atoms with Crippen molar-refractivity contribution in [2.45, 2.75) is 76.3 Å². The summed E-state index contributed by atoms with van der Waals surface area (Å²) in [5.41, 5.74) is 0. The lowest BCUT2D eigenvalue weighted by molar-refractivity contribution is 0.151. The van der Waals surface area contributed by atoms with Gasteiger partial charge < -0.3 is 20.1 Å². The molecular formula is C20H28N2O4. The number of ether oxygens (including phenoxy) is 2. The average Bonchev–Trinajstić information content (AvgIpc) is 2.65. The van der Waals surface area contributed by atoms with E-state index in [-0.39, 0.29) is 25.3 Å². The fourth-order valence-corrected chi connectivity index (χ4v) is 3.27. The van der Waals surface area contributed by atoms with E-state index in [1.807, 2.05) is 0 Å². The van der Waals surface area contributed by atoms with Gasteiger partial charge in [-0.2, -0.15) is 0 Å². The van der Waals surface area contributed by atoms with Gasteiger partial charge in [0.2, 0.25) is 0 Å². The second kappa shape index (κ2) is 12.1. The van der Waals surface area contributed by atoms with Crippen molar-refractivity contribution < 1.29 is 19.1 Å². The standard InChI is InChI=1S/C20H28N2O4/c23-19(21-17-11-5-3-6-12-17)25-15-9-1-2-10-16-26-20(24)22-18-13-7-4-8-14-18/h17-18H,3-8,11-16H2,(H,21,23)(H,22,24). The Bertz CT molecular complexity index is 518. The largest absolute Gasteiger partial charge is 0.436 e. The molecule has 6 nitrogen and oxygen atoms in total. The van der Waals surface area contributed by atoms with Crippen molar-refractivity contribution >= 4 is 12.2 Å². The number of hydrogen-bond acceptors (Lipinski definition) is 4. The van der Waals surface area contributed by atoms with Gasteiger partial charge in [-0.3, -0.25) is 0 Å². The van der Waals surface area contributed by atoms with E-state index in [9.17, 15) is 9.59 Å². The second-order valence-electron chi connectivity index (χ2n) is 6.71. The Labute approximate surface area is 155 Å². The van der Waals surface area contributed by atoms with Gasteiger partial charge in [-0.25, -0.2) is 9.59 Å². The second-order valence-corrected chi connectivity index (χ2v) is 6.71. The first-order valence-electron chi connectivity index (χ1n) is 9.56. The van der Waals surface area contributed by atoms with Crippen LogP contribution in [0, 0.1) is 23.7 Å². The molecule has 2 rings (SSSR count). The van der Waals surface area contributed by atoms with Gasteiger partial charge in [-0.1, -0.05) is 38.5 Å². The average molecular weight is 360 g/mol. The first-order valence-corrected chi connectivity index (χ1v) is 9.56. The molecule has 0 heterocycles. The highest BCUT2D eigenvalue weighted by Crippen LogP contribution is 2.18. The van der Waals surface area contributed by atoms with Crippen LogP contribution in [0.4, 0.5) is 9.59 Å². The Balaban J connectivity index is 1.51. The van der Waals surface area contributed by atoms with Crippen LogP contribution < -0.4 is 10.6 Å². The van der Waals surface area contributed by atoms with Crippen LogP contribution in [0.1, 0.15) is 64.2 Å². The van der Waals surface area contributed by atoms with Gasteiger partial charge in [-0.15, -0.1) is 0 Å². The zero-order valence-corrected chi connectivity index (χ0v) is 15.3. The highest BCUT2D eigenvalue weighted by molar-refractivity contribution is 5.68. The third-order valence-electron chi connectivity index (χ3n) is 4.64. The van der Waals surface area contributed by atoms with E-state index < -0.39 is 12.2 Å². The minimum atomic E-state index is -0.429. The fraction of sp³-hybridized carbons (Fsp3) is 0.700. The molecule has 2 N–H and O–H groups in total. The van der Waals surface area contributed by atoms with Crippen molar-refractivity contribution in [3.63, 3.8) is 0 Å². The van der Waals surface area contributed by atoms with Crippen molar-refractivity contribution in [2.24, 2.45) is 0 Å². The fourth-order valence-electron chi connectivity index (χ4n) is 3.27. The summed E-state index contributed by atoms with van der Waals surface area (Å²) < 4.78 is 9.97. The molecule has 0 aromatic heterocycles. The Morgan fingerprint density at radius 2 is 1.08 bits per heavy atom. The number of rotatable bonds is 4. The highest BCUT2D eigenvalue weighted by atomic mass is 16.6. The lowest BCUT2D eigenvalue weighted by Crippen LogP contribution is -2.36. The van der Waals surface area contributed by atoms with Crippen LogP contribution in [0.15, 0.2) is 0 Å². The lowest BCUT2D eigenvalue weighted by Gasteiger charge is -2.21. The predicted molar refractivity (Wildman–Crippen MR) is 98.3 cm³/mol.